The standard InChI is InChI=1S/C17H19BrN2/c18-16-9-13(10-17(19)11-16)12-20-7-5-14-3-1-2-4-15(14)6-8-20/h1-4,9-11H,5-8,12,19H2. The largest absolute Gasteiger partial charge is 0.399 e. The highest BCUT2D eigenvalue weighted by atomic mass is 79.9. The Morgan fingerprint density at radius 3 is 2.25 bits per heavy atom. The van der Waals surface area contributed by atoms with Gasteiger partial charge in [0.2, 0.25) is 0 Å². The SMILES string of the molecule is Nc1cc(Br)cc(CN2CCc3ccccc3CC2)c1. The lowest BCUT2D eigenvalue weighted by Crippen LogP contribution is -2.25. The molecule has 3 rings (SSSR count). The Kier molecular flexibility index (Phi) is 4.08. The molecule has 0 aromatic heterocycles. The second-order valence-corrected chi connectivity index (χ2v) is 6.35. The van der Waals surface area contributed by atoms with Gasteiger partial charge in [0.25, 0.3) is 0 Å². The first-order chi connectivity index (χ1) is 9.70. The summed E-state index contributed by atoms with van der Waals surface area (Å²) in [7, 11) is 0. The number of nitrogens with two attached hydrogens (primary N) is 1. The minimum atomic E-state index is 0.826. The van der Waals surface area contributed by atoms with Crippen molar-refractivity contribution in [3.8, 4) is 0 Å². The maximum absolute atomic E-state index is 5.92. The predicted octanol–water partition coefficient (Wildman–Crippen LogP) is 3.63. The molecule has 2 aromatic rings. The topological polar surface area (TPSA) is 29.3 Å². The second kappa shape index (κ2) is 5.98. The van der Waals surface area contributed by atoms with E-state index < -0.39 is 0 Å². The van der Waals surface area contributed by atoms with E-state index in [2.05, 4.69) is 57.2 Å². The van der Waals surface area contributed by atoms with Crippen molar-refractivity contribution in [1.29, 1.82) is 0 Å². The maximum Gasteiger partial charge on any atom is 0.0328 e. The average molecular weight is 331 g/mol. The van der Waals surface area contributed by atoms with Crippen molar-refractivity contribution in [2.24, 2.45) is 0 Å². The molecule has 2 aromatic carbocycles. The fraction of sp³-hybridized carbons (Fsp3) is 0.294. The zero-order valence-corrected chi connectivity index (χ0v) is 13.1. The molecule has 20 heavy (non-hydrogen) atoms. The zero-order chi connectivity index (χ0) is 13.9. The molecule has 0 bridgehead atoms. The molecule has 0 saturated heterocycles. The molecular weight excluding hydrogens is 312 g/mol. The van der Waals surface area contributed by atoms with Crippen LogP contribution in [0.15, 0.2) is 46.9 Å². The number of nitrogens with zero attached hydrogens (tertiary/aromatic N) is 1. The van der Waals surface area contributed by atoms with Gasteiger partial charge < -0.3 is 5.73 Å². The van der Waals surface area contributed by atoms with Crippen LogP contribution in [0, 0.1) is 0 Å². The molecule has 2 nitrogen and oxygen atoms in total. The smallest absolute Gasteiger partial charge is 0.0328 e. The number of halogens is 1. The van der Waals surface area contributed by atoms with Crippen LogP contribution in [0.5, 0.6) is 0 Å². The molecule has 0 spiro atoms. The lowest BCUT2D eigenvalue weighted by atomic mass is 10.0. The summed E-state index contributed by atoms with van der Waals surface area (Å²) >= 11 is 3.52. The van der Waals surface area contributed by atoms with Gasteiger partial charge in [0.05, 0.1) is 0 Å². The molecular formula is C17H19BrN2. The molecule has 1 aliphatic rings. The summed E-state index contributed by atoms with van der Waals surface area (Å²) in [5, 5.41) is 0. The summed E-state index contributed by atoms with van der Waals surface area (Å²) in [4.78, 5) is 2.52. The van der Waals surface area contributed by atoms with Crippen molar-refractivity contribution in [2.75, 3.05) is 18.8 Å². The molecule has 2 N–H and O–H groups in total. The second-order valence-electron chi connectivity index (χ2n) is 5.44. The highest BCUT2D eigenvalue weighted by Gasteiger charge is 2.13. The normalized spacial score (nSPS) is 15.7. The first-order valence-electron chi connectivity index (χ1n) is 7.05. The van der Waals surface area contributed by atoms with Crippen LogP contribution >= 0.6 is 15.9 Å². The molecule has 0 atom stereocenters. The Morgan fingerprint density at radius 1 is 1.00 bits per heavy atom. The Bertz CT molecular complexity index is 562. The van der Waals surface area contributed by atoms with Crippen LogP contribution < -0.4 is 5.73 Å². The summed E-state index contributed by atoms with van der Waals surface area (Å²) in [5.41, 5.74) is 11.0. The van der Waals surface area contributed by atoms with Crippen LogP contribution in [-0.4, -0.2) is 18.0 Å². The molecule has 1 heterocycles. The predicted molar refractivity (Wildman–Crippen MR) is 87.7 cm³/mol. The molecule has 0 aliphatic carbocycles. The zero-order valence-electron chi connectivity index (χ0n) is 11.5. The Balaban J connectivity index is 1.71. The summed E-state index contributed by atoms with van der Waals surface area (Å²) in [6, 6.07) is 15.0. The number of anilines is 1. The highest BCUT2D eigenvalue weighted by Crippen LogP contribution is 2.21. The lowest BCUT2D eigenvalue weighted by Gasteiger charge is -2.20. The summed E-state index contributed by atoms with van der Waals surface area (Å²) in [5.74, 6) is 0. The van der Waals surface area contributed by atoms with Crippen LogP contribution in [0.2, 0.25) is 0 Å². The third-order valence-electron chi connectivity index (χ3n) is 3.90. The first kappa shape index (κ1) is 13.7. The molecule has 0 amide bonds. The summed E-state index contributed by atoms with van der Waals surface area (Å²) in [6.07, 6.45) is 2.28. The van der Waals surface area contributed by atoms with E-state index in [4.69, 9.17) is 5.73 Å². The first-order valence-corrected chi connectivity index (χ1v) is 7.84. The molecule has 0 fully saturated rings. The molecule has 0 radical (unpaired) electrons. The monoisotopic (exact) mass is 330 g/mol. The summed E-state index contributed by atoms with van der Waals surface area (Å²) in [6.45, 7) is 3.20. The van der Waals surface area contributed by atoms with Gasteiger partial charge in [0, 0.05) is 29.8 Å². The van der Waals surface area contributed by atoms with Gasteiger partial charge >= 0.3 is 0 Å². The number of hydrogen-bond donors (Lipinski definition) is 1. The number of nitrogen functional groups attached to an aromatic ring is 1. The van der Waals surface area contributed by atoms with Gasteiger partial charge in [-0.2, -0.15) is 0 Å². The van der Waals surface area contributed by atoms with Crippen LogP contribution in [0.4, 0.5) is 5.69 Å². The van der Waals surface area contributed by atoms with Gasteiger partial charge in [-0.1, -0.05) is 40.2 Å². The van der Waals surface area contributed by atoms with Gasteiger partial charge in [0.1, 0.15) is 0 Å². The minimum Gasteiger partial charge on any atom is -0.399 e. The van der Waals surface area contributed by atoms with E-state index in [1.165, 1.54) is 16.7 Å². The van der Waals surface area contributed by atoms with E-state index in [0.29, 0.717) is 0 Å². The van der Waals surface area contributed by atoms with Crippen molar-refractivity contribution < 1.29 is 0 Å². The number of benzene rings is 2. The summed E-state index contributed by atoms with van der Waals surface area (Å²) < 4.78 is 1.06. The lowest BCUT2D eigenvalue weighted by molar-refractivity contribution is 0.279. The third kappa shape index (κ3) is 3.22. The van der Waals surface area contributed by atoms with Crippen molar-refractivity contribution in [1.82, 2.24) is 4.90 Å². The average Bonchev–Trinajstić information content (AvgIpc) is 2.61. The van der Waals surface area contributed by atoms with Crippen LogP contribution in [-0.2, 0) is 19.4 Å². The Labute approximate surface area is 128 Å². The fourth-order valence-corrected chi connectivity index (χ4v) is 3.46. The minimum absolute atomic E-state index is 0.826. The molecule has 0 unspecified atom stereocenters. The van der Waals surface area contributed by atoms with Gasteiger partial charge in [-0.3, -0.25) is 4.90 Å². The van der Waals surface area contributed by atoms with E-state index in [-0.39, 0.29) is 0 Å². The molecule has 3 heteroatoms. The van der Waals surface area contributed by atoms with E-state index in [0.717, 1.165) is 42.6 Å². The maximum atomic E-state index is 5.92. The van der Waals surface area contributed by atoms with Crippen LogP contribution in [0.1, 0.15) is 16.7 Å². The van der Waals surface area contributed by atoms with Gasteiger partial charge in [-0.15, -0.1) is 0 Å². The van der Waals surface area contributed by atoms with Crippen molar-refractivity contribution in [3.05, 3.63) is 63.6 Å². The van der Waals surface area contributed by atoms with Crippen molar-refractivity contribution in [2.45, 2.75) is 19.4 Å². The van der Waals surface area contributed by atoms with Crippen molar-refractivity contribution in [3.63, 3.8) is 0 Å². The molecule has 0 saturated carbocycles. The Morgan fingerprint density at radius 2 is 1.65 bits per heavy atom. The van der Waals surface area contributed by atoms with Gasteiger partial charge in [0.15, 0.2) is 0 Å². The number of hydrogen-bond acceptors (Lipinski definition) is 2. The van der Waals surface area contributed by atoms with Gasteiger partial charge in [-0.05, 0) is 47.7 Å². The number of fused-ring (bicyclic) bond motifs is 1. The third-order valence-corrected chi connectivity index (χ3v) is 4.36. The van der Waals surface area contributed by atoms with Crippen LogP contribution in [0.25, 0.3) is 0 Å². The number of rotatable bonds is 2. The van der Waals surface area contributed by atoms with Crippen LogP contribution in [0.3, 0.4) is 0 Å². The molecule has 1 aliphatic heterocycles. The van der Waals surface area contributed by atoms with E-state index in [9.17, 15) is 0 Å². The van der Waals surface area contributed by atoms with E-state index >= 15 is 0 Å². The quantitative estimate of drug-likeness (QED) is 0.852. The van der Waals surface area contributed by atoms with E-state index in [1.807, 2.05) is 6.07 Å². The Hall–Kier alpha value is -1.32. The highest BCUT2D eigenvalue weighted by molar-refractivity contribution is 9.10. The van der Waals surface area contributed by atoms with E-state index in [1.54, 1.807) is 0 Å². The molecule has 104 valence electrons. The van der Waals surface area contributed by atoms with Crippen molar-refractivity contribution >= 4 is 21.6 Å². The fourth-order valence-electron chi connectivity index (χ4n) is 2.90. The van der Waals surface area contributed by atoms with Gasteiger partial charge in [-0.25, -0.2) is 0 Å².